The quantitative estimate of drug-likeness (QED) is 0.497. The normalized spacial score (nSPS) is 12.3. The number of ether oxygens (including phenoxy) is 1. The third-order valence-corrected chi connectivity index (χ3v) is 6.25. The molecule has 0 saturated carbocycles. The van der Waals surface area contributed by atoms with Crippen molar-refractivity contribution >= 4 is 27.3 Å². The molecule has 0 saturated heterocycles. The van der Waals surface area contributed by atoms with Crippen LogP contribution in [0.3, 0.4) is 0 Å². The highest BCUT2D eigenvalue weighted by Crippen LogP contribution is 2.27. The zero-order valence-electron chi connectivity index (χ0n) is 18.6. The van der Waals surface area contributed by atoms with Crippen LogP contribution in [0.1, 0.15) is 32.3 Å². The van der Waals surface area contributed by atoms with E-state index in [0.717, 1.165) is 16.1 Å². The van der Waals surface area contributed by atoms with Gasteiger partial charge in [0.15, 0.2) is 0 Å². The average Bonchev–Trinajstić information content (AvgIpc) is 2.75. The number of sulfonamides is 1. The summed E-state index contributed by atoms with van der Waals surface area (Å²) in [4.78, 5) is 12.9. The van der Waals surface area contributed by atoms with Crippen LogP contribution in [0.25, 0.3) is 0 Å². The molecule has 0 spiro atoms. The summed E-state index contributed by atoms with van der Waals surface area (Å²) in [5.74, 6) is 1.21. The molecule has 6 nitrogen and oxygen atoms in total. The van der Waals surface area contributed by atoms with Gasteiger partial charge in [-0.05, 0) is 66.9 Å². The number of para-hydroxylation sites is 1. The summed E-state index contributed by atoms with van der Waals surface area (Å²) in [6.45, 7) is 5.75. The summed E-state index contributed by atoms with van der Waals surface area (Å²) < 4.78 is 32.0. The Balaban J connectivity index is 1.77. The molecule has 32 heavy (non-hydrogen) atoms. The minimum atomic E-state index is -3.71. The molecule has 0 aliphatic rings. The average molecular weight is 453 g/mol. The SMILES string of the molecule is CC(C)c1ccc(NC(=O)[C@@H](C)N(c2ccc(Oc3ccccc3)cc2)S(C)(=O)=O)cc1. The summed E-state index contributed by atoms with van der Waals surface area (Å²) in [6, 6.07) is 22.5. The maximum absolute atomic E-state index is 12.9. The molecule has 0 aliphatic carbocycles. The monoisotopic (exact) mass is 452 g/mol. The van der Waals surface area contributed by atoms with Crippen molar-refractivity contribution in [2.45, 2.75) is 32.7 Å². The highest BCUT2D eigenvalue weighted by Gasteiger charge is 2.29. The molecule has 1 amide bonds. The highest BCUT2D eigenvalue weighted by atomic mass is 32.2. The fourth-order valence-corrected chi connectivity index (χ4v) is 4.47. The van der Waals surface area contributed by atoms with Crippen molar-refractivity contribution in [2.24, 2.45) is 0 Å². The third kappa shape index (κ3) is 5.88. The van der Waals surface area contributed by atoms with Crippen LogP contribution in [0.15, 0.2) is 78.9 Å². The van der Waals surface area contributed by atoms with E-state index in [9.17, 15) is 13.2 Å². The predicted molar refractivity (Wildman–Crippen MR) is 129 cm³/mol. The molecule has 0 heterocycles. The van der Waals surface area contributed by atoms with Crippen LogP contribution >= 0.6 is 0 Å². The molecular weight excluding hydrogens is 424 g/mol. The number of benzene rings is 3. The number of nitrogens with one attached hydrogen (secondary N) is 1. The van der Waals surface area contributed by atoms with Gasteiger partial charge in [-0.2, -0.15) is 0 Å². The number of nitrogens with zero attached hydrogens (tertiary/aromatic N) is 1. The van der Waals surface area contributed by atoms with Crippen molar-refractivity contribution in [2.75, 3.05) is 15.9 Å². The Morgan fingerprint density at radius 2 is 1.41 bits per heavy atom. The fourth-order valence-electron chi connectivity index (χ4n) is 3.29. The van der Waals surface area contributed by atoms with Gasteiger partial charge in [0.1, 0.15) is 17.5 Å². The number of hydrogen-bond donors (Lipinski definition) is 1. The van der Waals surface area contributed by atoms with Crippen molar-refractivity contribution in [3.05, 3.63) is 84.4 Å². The third-order valence-electron chi connectivity index (χ3n) is 5.00. The molecule has 0 aliphatic heterocycles. The van der Waals surface area contributed by atoms with Gasteiger partial charge in [0.05, 0.1) is 11.9 Å². The lowest BCUT2D eigenvalue weighted by Crippen LogP contribution is -2.45. The van der Waals surface area contributed by atoms with Gasteiger partial charge in [-0.3, -0.25) is 9.10 Å². The van der Waals surface area contributed by atoms with E-state index in [1.165, 1.54) is 0 Å². The van der Waals surface area contributed by atoms with Gasteiger partial charge in [0.25, 0.3) is 0 Å². The smallest absolute Gasteiger partial charge is 0.247 e. The number of amides is 1. The molecular formula is C25H28N2O4S. The Bertz CT molecular complexity index is 1140. The van der Waals surface area contributed by atoms with E-state index in [4.69, 9.17) is 4.74 Å². The van der Waals surface area contributed by atoms with E-state index >= 15 is 0 Å². The topological polar surface area (TPSA) is 75.7 Å². The zero-order chi connectivity index (χ0) is 23.3. The molecule has 0 unspecified atom stereocenters. The van der Waals surface area contributed by atoms with Crippen LogP contribution in [0.4, 0.5) is 11.4 Å². The van der Waals surface area contributed by atoms with Crippen LogP contribution in [-0.4, -0.2) is 26.6 Å². The van der Waals surface area contributed by atoms with Crippen molar-refractivity contribution in [1.29, 1.82) is 0 Å². The van der Waals surface area contributed by atoms with E-state index in [1.54, 1.807) is 31.2 Å². The number of anilines is 2. The first kappa shape index (κ1) is 23.3. The summed E-state index contributed by atoms with van der Waals surface area (Å²) in [7, 11) is -3.71. The molecule has 3 aromatic carbocycles. The molecule has 3 aromatic rings. The molecule has 1 atom stereocenters. The second kappa shape index (κ2) is 9.87. The summed E-state index contributed by atoms with van der Waals surface area (Å²) >= 11 is 0. The number of carbonyl (C=O) groups excluding carboxylic acids is 1. The summed E-state index contributed by atoms with van der Waals surface area (Å²) in [6.07, 6.45) is 1.09. The summed E-state index contributed by atoms with van der Waals surface area (Å²) in [5.41, 5.74) is 2.16. The molecule has 1 N–H and O–H groups in total. The van der Waals surface area contributed by atoms with Crippen LogP contribution in [-0.2, 0) is 14.8 Å². The Morgan fingerprint density at radius 3 is 1.94 bits per heavy atom. The molecule has 0 fully saturated rings. The maximum Gasteiger partial charge on any atom is 0.247 e. The Labute approximate surface area is 189 Å². The second-order valence-corrected chi connectivity index (χ2v) is 9.77. The summed E-state index contributed by atoms with van der Waals surface area (Å²) in [5, 5.41) is 2.80. The number of hydrogen-bond acceptors (Lipinski definition) is 4. The second-order valence-electron chi connectivity index (χ2n) is 7.91. The lowest BCUT2D eigenvalue weighted by Gasteiger charge is -2.28. The molecule has 0 bridgehead atoms. The van der Waals surface area contributed by atoms with Gasteiger partial charge in [-0.1, -0.05) is 44.2 Å². The van der Waals surface area contributed by atoms with E-state index in [0.29, 0.717) is 28.8 Å². The lowest BCUT2D eigenvalue weighted by molar-refractivity contribution is -0.116. The molecule has 0 radical (unpaired) electrons. The predicted octanol–water partition coefficient (Wildman–Crippen LogP) is 5.40. The first-order chi connectivity index (χ1) is 15.1. The molecule has 3 rings (SSSR count). The fraction of sp³-hybridized carbons (Fsp3) is 0.240. The molecule has 168 valence electrons. The number of carbonyl (C=O) groups is 1. The van der Waals surface area contributed by atoms with Crippen molar-refractivity contribution < 1.29 is 17.9 Å². The van der Waals surface area contributed by atoms with E-state index in [1.807, 2.05) is 54.6 Å². The lowest BCUT2D eigenvalue weighted by atomic mass is 10.0. The van der Waals surface area contributed by atoms with Gasteiger partial charge in [-0.15, -0.1) is 0 Å². The zero-order valence-corrected chi connectivity index (χ0v) is 19.5. The first-order valence-electron chi connectivity index (χ1n) is 10.4. The van der Waals surface area contributed by atoms with Crippen LogP contribution in [0.2, 0.25) is 0 Å². The maximum atomic E-state index is 12.9. The van der Waals surface area contributed by atoms with Gasteiger partial charge in [0.2, 0.25) is 15.9 Å². The Hall–Kier alpha value is -3.32. The molecule has 0 aromatic heterocycles. The van der Waals surface area contributed by atoms with Gasteiger partial charge in [-0.25, -0.2) is 8.42 Å². The van der Waals surface area contributed by atoms with E-state index in [2.05, 4.69) is 19.2 Å². The largest absolute Gasteiger partial charge is 0.457 e. The van der Waals surface area contributed by atoms with Crippen LogP contribution < -0.4 is 14.4 Å². The Kier molecular flexibility index (Phi) is 7.20. The minimum Gasteiger partial charge on any atom is -0.457 e. The van der Waals surface area contributed by atoms with E-state index in [-0.39, 0.29) is 0 Å². The van der Waals surface area contributed by atoms with Gasteiger partial charge >= 0.3 is 0 Å². The van der Waals surface area contributed by atoms with E-state index < -0.39 is 22.0 Å². The molecule has 7 heteroatoms. The van der Waals surface area contributed by atoms with Crippen molar-refractivity contribution in [3.8, 4) is 11.5 Å². The van der Waals surface area contributed by atoms with Crippen molar-refractivity contribution in [3.63, 3.8) is 0 Å². The Morgan fingerprint density at radius 1 is 0.844 bits per heavy atom. The minimum absolute atomic E-state index is 0.380. The highest BCUT2D eigenvalue weighted by molar-refractivity contribution is 7.92. The van der Waals surface area contributed by atoms with Gasteiger partial charge in [0, 0.05) is 5.69 Å². The van der Waals surface area contributed by atoms with Crippen LogP contribution in [0.5, 0.6) is 11.5 Å². The number of rotatable bonds is 8. The van der Waals surface area contributed by atoms with Crippen molar-refractivity contribution in [1.82, 2.24) is 0 Å². The standard InChI is InChI=1S/C25H28N2O4S/c1-18(2)20-10-12-21(13-11-20)26-25(28)19(3)27(32(4,29)30)22-14-16-24(17-15-22)31-23-8-6-5-7-9-23/h5-19H,1-4H3,(H,26,28)/t19-/m1/s1. The van der Waals surface area contributed by atoms with Gasteiger partial charge < -0.3 is 10.1 Å². The van der Waals surface area contributed by atoms with Crippen LogP contribution in [0, 0.1) is 0 Å². The first-order valence-corrected chi connectivity index (χ1v) is 12.2.